The van der Waals surface area contributed by atoms with E-state index in [0.29, 0.717) is 17.6 Å². The number of benzene rings is 2. The molecule has 0 fully saturated rings. The molecule has 0 aliphatic rings. The van der Waals surface area contributed by atoms with Gasteiger partial charge in [-0.1, -0.05) is 30.3 Å². The van der Waals surface area contributed by atoms with Crippen LogP contribution in [0.2, 0.25) is 0 Å². The summed E-state index contributed by atoms with van der Waals surface area (Å²) in [6.45, 7) is -0.257. The third-order valence-electron chi connectivity index (χ3n) is 3.77. The standard InChI is InChI=1S/C18H18N4O3/c23-10-14(8-12-4-2-1-3-5-12)22-18(25)17(24)21-13-6-7-15-16(9-13)20-11-19-15/h1-7,9,11,14,23H,8,10H2,(H,19,20)(H,21,24)(H,22,25). The highest BCUT2D eigenvalue weighted by Crippen LogP contribution is 2.15. The first-order valence-corrected chi connectivity index (χ1v) is 7.85. The van der Waals surface area contributed by atoms with Crippen LogP contribution in [0, 0.1) is 0 Å². The van der Waals surface area contributed by atoms with Crippen LogP contribution in [0.3, 0.4) is 0 Å². The minimum atomic E-state index is -0.794. The molecule has 7 heteroatoms. The molecule has 3 aromatic rings. The Balaban J connectivity index is 1.60. The summed E-state index contributed by atoms with van der Waals surface area (Å²) in [4.78, 5) is 31.2. The first kappa shape index (κ1) is 16.7. The van der Waals surface area contributed by atoms with E-state index >= 15 is 0 Å². The van der Waals surface area contributed by atoms with Crippen LogP contribution in [0.1, 0.15) is 5.56 Å². The van der Waals surface area contributed by atoms with E-state index in [1.165, 1.54) is 0 Å². The van der Waals surface area contributed by atoms with E-state index in [-0.39, 0.29) is 6.61 Å². The van der Waals surface area contributed by atoms with Crippen LogP contribution in [-0.2, 0) is 16.0 Å². The summed E-state index contributed by atoms with van der Waals surface area (Å²) in [6.07, 6.45) is 1.99. The number of nitrogens with one attached hydrogen (secondary N) is 3. The fourth-order valence-electron chi connectivity index (χ4n) is 2.51. The fraction of sp³-hybridized carbons (Fsp3) is 0.167. The van der Waals surface area contributed by atoms with Gasteiger partial charge in [-0.2, -0.15) is 0 Å². The van der Waals surface area contributed by atoms with Crippen molar-refractivity contribution in [3.05, 3.63) is 60.4 Å². The number of H-pyrrole nitrogens is 1. The average Bonchev–Trinajstić information content (AvgIpc) is 3.09. The van der Waals surface area contributed by atoms with Gasteiger partial charge in [0, 0.05) is 5.69 Å². The Hall–Kier alpha value is -3.19. The number of aliphatic hydroxyl groups is 1. The Morgan fingerprint density at radius 3 is 2.68 bits per heavy atom. The first-order valence-electron chi connectivity index (χ1n) is 7.85. The van der Waals surface area contributed by atoms with Crippen molar-refractivity contribution in [2.24, 2.45) is 0 Å². The molecule has 1 atom stereocenters. The van der Waals surface area contributed by atoms with Crippen molar-refractivity contribution < 1.29 is 14.7 Å². The van der Waals surface area contributed by atoms with Gasteiger partial charge in [0.15, 0.2) is 0 Å². The number of aromatic amines is 1. The van der Waals surface area contributed by atoms with Gasteiger partial charge in [0.05, 0.1) is 30.0 Å². The highest BCUT2D eigenvalue weighted by atomic mass is 16.3. The lowest BCUT2D eigenvalue weighted by atomic mass is 10.1. The number of hydrogen-bond acceptors (Lipinski definition) is 4. The highest BCUT2D eigenvalue weighted by molar-refractivity contribution is 6.39. The molecule has 1 unspecified atom stereocenters. The number of carbonyl (C=O) groups excluding carboxylic acids is 2. The van der Waals surface area contributed by atoms with Crippen molar-refractivity contribution in [3.8, 4) is 0 Å². The summed E-state index contributed by atoms with van der Waals surface area (Å²) in [5.41, 5.74) is 2.97. The Labute approximate surface area is 144 Å². The summed E-state index contributed by atoms with van der Waals surface area (Å²) >= 11 is 0. The molecule has 0 bridgehead atoms. The van der Waals surface area contributed by atoms with Crippen molar-refractivity contribution in [2.75, 3.05) is 11.9 Å². The third-order valence-corrected chi connectivity index (χ3v) is 3.77. The largest absolute Gasteiger partial charge is 0.394 e. The molecule has 0 radical (unpaired) electrons. The minimum Gasteiger partial charge on any atom is -0.394 e. The molecule has 1 aromatic heterocycles. The van der Waals surface area contributed by atoms with Gasteiger partial charge in [-0.3, -0.25) is 9.59 Å². The van der Waals surface area contributed by atoms with E-state index < -0.39 is 17.9 Å². The maximum atomic E-state index is 12.1. The number of carbonyl (C=O) groups is 2. The van der Waals surface area contributed by atoms with Gasteiger partial charge in [-0.15, -0.1) is 0 Å². The summed E-state index contributed by atoms with van der Waals surface area (Å²) in [5.74, 6) is -1.58. The molecule has 0 saturated carbocycles. The molecule has 7 nitrogen and oxygen atoms in total. The topological polar surface area (TPSA) is 107 Å². The fourth-order valence-corrected chi connectivity index (χ4v) is 2.51. The second-order valence-electron chi connectivity index (χ2n) is 5.63. The van der Waals surface area contributed by atoms with Gasteiger partial charge in [0.1, 0.15) is 0 Å². The van der Waals surface area contributed by atoms with Crippen LogP contribution >= 0.6 is 0 Å². The third kappa shape index (κ3) is 4.21. The lowest BCUT2D eigenvalue weighted by Crippen LogP contribution is -2.44. The van der Waals surface area contributed by atoms with Gasteiger partial charge in [0.25, 0.3) is 0 Å². The smallest absolute Gasteiger partial charge is 0.313 e. The number of nitrogens with zero attached hydrogens (tertiary/aromatic N) is 1. The van der Waals surface area contributed by atoms with Gasteiger partial charge < -0.3 is 20.7 Å². The minimum absolute atomic E-state index is 0.257. The zero-order chi connectivity index (χ0) is 17.6. The number of imidazole rings is 1. The molecular weight excluding hydrogens is 320 g/mol. The first-order chi connectivity index (χ1) is 12.2. The van der Waals surface area contributed by atoms with E-state index in [0.717, 1.165) is 11.1 Å². The average molecular weight is 338 g/mol. The van der Waals surface area contributed by atoms with Crippen molar-refractivity contribution in [3.63, 3.8) is 0 Å². The Morgan fingerprint density at radius 2 is 1.92 bits per heavy atom. The number of aromatic nitrogens is 2. The Bertz CT molecular complexity index is 876. The monoisotopic (exact) mass is 338 g/mol. The molecule has 0 aliphatic carbocycles. The SMILES string of the molecule is O=C(Nc1ccc2[nH]cnc2c1)C(=O)NC(CO)Cc1ccccc1. The molecular formula is C18H18N4O3. The molecule has 3 rings (SSSR count). The summed E-state index contributed by atoms with van der Waals surface area (Å²) < 4.78 is 0. The lowest BCUT2D eigenvalue weighted by molar-refractivity contribution is -0.136. The summed E-state index contributed by atoms with van der Waals surface area (Å²) in [5, 5.41) is 14.5. The Kier molecular flexibility index (Phi) is 5.06. The van der Waals surface area contributed by atoms with E-state index in [1.807, 2.05) is 30.3 Å². The van der Waals surface area contributed by atoms with Crippen LogP contribution < -0.4 is 10.6 Å². The van der Waals surface area contributed by atoms with Crippen LogP contribution in [-0.4, -0.2) is 39.5 Å². The van der Waals surface area contributed by atoms with Gasteiger partial charge in [0.2, 0.25) is 0 Å². The summed E-state index contributed by atoms with van der Waals surface area (Å²) in [6, 6.07) is 14.0. The summed E-state index contributed by atoms with van der Waals surface area (Å²) in [7, 11) is 0. The van der Waals surface area contributed by atoms with Crippen molar-refractivity contribution in [1.82, 2.24) is 15.3 Å². The zero-order valence-electron chi connectivity index (χ0n) is 13.4. The number of anilines is 1. The maximum Gasteiger partial charge on any atom is 0.313 e. The molecule has 0 spiro atoms. The van der Waals surface area contributed by atoms with E-state index in [2.05, 4.69) is 20.6 Å². The molecule has 128 valence electrons. The second-order valence-corrected chi connectivity index (χ2v) is 5.63. The number of amides is 2. The van der Waals surface area contributed by atoms with E-state index in [1.54, 1.807) is 24.5 Å². The quantitative estimate of drug-likeness (QED) is 0.525. The maximum absolute atomic E-state index is 12.1. The normalized spacial score (nSPS) is 11.9. The predicted octanol–water partition coefficient (Wildman–Crippen LogP) is 1.22. The molecule has 0 aliphatic heterocycles. The molecule has 25 heavy (non-hydrogen) atoms. The van der Waals surface area contributed by atoms with Gasteiger partial charge >= 0.3 is 11.8 Å². The van der Waals surface area contributed by atoms with Crippen LogP contribution in [0.15, 0.2) is 54.9 Å². The van der Waals surface area contributed by atoms with E-state index in [4.69, 9.17) is 0 Å². The van der Waals surface area contributed by atoms with Crippen molar-refractivity contribution in [2.45, 2.75) is 12.5 Å². The zero-order valence-corrected chi connectivity index (χ0v) is 13.4. The predicted molar refractivity (Wildman–Crippen MR) is 93.9 cm³/mol. The van der Waals surface area contributed by atoms with Crippen LogP contribution in [0.25, 0.3) is 11.0 Å². The molecule has 1 heterocycles. The lowest BCUT2D eigenvalue weighted by Gasteiger charge is -2.16. The highest BCUT2D eigenvalue weighted by Gasteiger charge is 2.19. The van der Waals surface area contributed by atoms with Crippen LogP contribution in [0.5, 0.6) is 0 Å². The van der Waals surface area contributed by atoms with Gasteiger partial charge in [-0.25, -0.2) is 4.98 Å². The van der Waals surface area contributed by atoms with Crippen molar-refractivity contribution >= 4 is 28.5 Å². The number of hydrogen-bond donors (Lipinski definition) is 4. The molecule has 4 N–H and O–H groups in total. The number of rotatable bonds is 5. The van der Waals surface area contributed by atoms with Gasteiger partial charge in [-0.05, 0) is 30.2 Å². The Morgan fingerprint density at radius 1 is 1.12 bits per heavy atom. The molecule has 2 aromatic carbocycles. The van der Waals surface area contributed by atoms with Crippen molar-refractivity contribution in [1.29, 1.82) is 0 Å². The molecule has 0 saturated heterocycles. The van der Waals surface area contributed by atoms with Crippen LogP contribution in [0.4, 0.5) is 5.69 Å². The van der Waals surface area contributed by atoms with E-state index in [9.17, 15) is 14.7 Å². The molecule has 2 amide bonds. The second kappa shape index (κ2) is 7.59. The number of fused-ring (bicyclic) bond motifs is 1. The number of aliphatic hydroxyl groups excluding tert-OH is 1.